The Morgan fingerprint density at radius 3 is 2.49 bits per heavy atom. The van der Waals surface area contributed by atoms with E-state index >= 15 is 0 Å². The van der Waals surface area contributed by atoms with E-state index in [0.717, 1.165) is 34.4 Å². The third-order valence-corrected chi connectivity index (χ3v) is 16.0. The van der Waals surface area contributed by atoms with Crippen LogP contribution in [0.2, 0.25) is 5.02 Å². The Kier molecular flexibility index (Phi) is 22.9. The van der Waals surface area contributed by atoms with Crippen molar-refractivity contribution in [3.05, 3.63) is 76.6 Å². The molecule has 82 heavy (non-hydrogen) atoms. The summed E-state index contributed by atoms with van der Waals surface area (Å²) in [6.45, 7) is 12.9. The fraction of sp³-hybridized carbons (Fsp3) is 0.586. The number of ether oxygens (including phenoxy) is 6. The van der Waals surface area contributed by atoms with Gasteiger partial charge in [0.1, 0.15) is 52.0 Å². The number of nitrogens with one attached hydrogen (secondary N) is 3. The minimum Gasteiger partial charge on any atom is -0.495 e. The highest BCUT2D eigenvalue weighted by Gasteiger charge is 2.64. The molecule has 0 radical (unpaired) electrons. The van der Waals surface area contributed by atoms with Crippen molar-refractivity contribution in [3.63, 3.8) is 0 Å². The first kappa shape index (κ1) is 64.5. The molecule has 5 N–H and O–H groups in total. The zero-order valence-corrected chi connectivity index (χ0v) is 49.4. The molecule has 6 rings (SSSR count). The van der Waals surface area contributed by atoms with Crippen LogP contribution in [0.3, 0.4) is 0 Å². The highest BCUT2D eigenvalue weighted by molar-refractivity contribution is 6.35. The van der Waals surface area contributed by atoms with Gasteiger partial charge in [0, 0.05) is 82.1 Å². The van der Waals surface area contributed by atoms with E-state index in [2.05, 4.69) is 32.8 Å². The molecule has 2 aromatic heterocycles. The number of hydrogen-bond acceptors (Lipinski definition) is 16. The minimum atomic E-state index is -1.67. The van der Waals surface area contributed by atoms with E-state index in [1.165, 1.54) is 30.9 Å². The van der Waals surface area contributed by atoms with E-state index in [1.54, 1.807) is 52.2 Å². The number of aliphatic hydroxyl groups is 1. The van der Waals surface area contributed by atoms with Crippen LogP contribution in [0.4, 0.5) is 10.5 Å². The first-order valence-electron chi connectivity index (χ1n) is 27.8. The third kappa shape index (κ3) is 16.8. The Bertz CT molecular complexity index is 2840. The van der Waals surface area contributed by atoms with Gasteiger partial charge in [-0.15, -0.1) is 0 Å². The molecule has 5 heterocycles. The maximum Gasteiger partial charge on any atom is 0.409 e. The first-order chi connectivity index (χ1) is 38.9. The Morgan fingerprint density at radius 1 is 1.05 bits per heavy atom. The van der Waals surface area contributed by atoms with Crippen molar-refractivity contribution in [2.24, 2.45) is 11.8 Å². The lowest BCUT2D eigenvalue weighted by atomic mass is 9.82. The van der Waals surface area contributed by atoms with Crippen molar-refractivity contribution in [1.29, 1.82) is 0 Å². The smallest absolute Gasteiger partial charge is 0.409 e. The summed E-state index contributed by atoms with van der Waals surface area (Å²) in [7, 11) is 6.47. The van der Waals surface area contributed by atoms with Gasteiger partial charge < -0.3 is 68.5 Å². The quantitative estimate of drug-likeness (QED) is 0.0452. The predicted molar refractivity (Wildman–Crippen MR) is 304 cm³/mol. The number of pyridine rings is 1. The van der Waals surface area contributed by atoms with Crippen LogP contribution in [0.15, 0.2) is 60.3 Å². The van der Waals surface area contributed by atoms with Gasteiger partial charge in [-0.2, -0.15) is 0 Å². The number of alkyl carbamates (subject to hydrolysis) is 1. The number of carbonyl (C=O) groups excluding carboxylic acids is 6. The number of carbonyl (C=O) groups is 7. The van der Waals surface area contributed by atoms with Crippen LogP contribution in [0.25, 0.3) is 11.0 Å². The fourth-order valence-corrected chi connectivity index (χ4v) is 10.4. The number of carboxylic acids is 1. The van der Waals surface area contributed by atoms with Crippen molar-refractivity contribution in [1.82, 2.24) is 35.3 Å². The molecule has 9 atom stereocenters. The van der Waals surface area contributed by atoms with Crippen LogP contribution in [-0.4, -0.2) is 181 Å². The number of benzene rings is 1. The number of hydrogen-bond donors (Lipinski definition) is 5. The van der Waals surface area contributed by atoms with Gasteiger partial charge in [0.15, 0.2) is 0 Å². The van der Waals surface area contributed by atoms with Gasteiger partial charge in [0.05, 0.1) is 58.2 Å². The van der Waals surface area contributed by atoms with Crippen LogP contribution in [0.1, 0.15) is 91.3 Å². The van der Waals surface area contributed by atoms with Crippen LogP contribution in [0.5, 0.6) is 5.75 Å². The zero-order valence-electron chi connectivity index (χ0n) is 48.7. The molecule has 3 aliphatic heterocycles. The number of likely N-dealkylation sites (N-methyl/N-ethyl adjacent to an activating group) is 1. The lowest BCUT2D eigenvalue weighted by Crippen LogP contribution is -2.60. The van der Waals surface area contributed by atoms with Gasteiger partial charge in [-0.1, -0.05) is 56.2 Å². The average molecular weight is 1170 g/mol. The highest BCUT2D eigenvalue weighted by Crippen LogP contribution is 2.49. The number of anilines is 1. The summed E-state index contributed by atoms with van der Waals surface area (Å²) < 4.78 is 37.0. The number of carboxylic acid groups (broad SMARTS) is 1. The van der Waals surface area contributed by atoms with E-state index in [-0.39, 0.29) is 76.5 Å². The Balaban J connectivity index is 0.994. The van der Waals surface area contributed by atoms with Crippen molar-refractivity contribution in [2.75, 3.05) is 72.7 Å². The molecule has 2 saturated heterocycles. The number of esters is 1. The molecule has 5 amide bonds. The molecule has 0 saturated carbocycles. The summed E-state index contributed by atoms with van der Waals surface area (Å²) in [5.41, 5.74) is 0.870. The summed E-state index contributed by atoms with van der Waals surface area (Å²) >= 11 is 6.82. The summed E-state index contributed by atoms with van der Waals surface area (Å²) in [4.78, 5) is 102. The summed E-state index contributed by atoms with van der Waals surface area (Å²) in [6, 6.07) is 7.20. The molecular formula is C58H81ClN8O15. The molecule has 450 valence electrons. The van der Waals surface area contributed by atoms with Gasteiger partial charge in [0.25, 0.3) is 0 Å². The number of aliphatic carboxylic acids is 1. The van der Waals surface area contributed by atoms with Crippen LogP contribution < -0.4 is 25.6 Å². The number of aryl methyl sites for hydroxylation is 1. The SMILES string of the molecule is CCN(C)Cc1cc2cccnc2n1CCC(=O)N[C@@H](CCC(=O)O)C(=O)NCCOCCOCCC(=O)N(C)[C@@H](C)C(=O)O[C@H]1CC(=O)N(C)c2cc(cc(OC)c2Cl)C/C(C)=C/C=C/[C@@H](C)[C@@]2(O)C[C@H](OC(=O)N2)[C@@H](C)[C@@H]2O[C@]12C. The number of aromatic nitrogens is 2. The molecule has 4 bridgehead atoms. The largest absolute Gasteiger partial charge is 0.495 e. The van der Waals surface area contributed by atoms with Crippen molar-refractivity contribution in [3.8, 4) is 5.75 Å². The number of allylic oxidation sites excluding steroid dienone is 3. The molecule has 3 aliphatic rings. The minimum absolute atomic E-state index is 0.00971. The van der Waals surface area contributed by atoms with Gasteiger partial charge in [-0.25, -0.2) is 14.6 Å². The lowest BCUT2D eigenvalue weighted by molar-refractivity contribution is -0.162. The van der Waals surface area contributed by atoms with E-state index < -0.39 is 95.2 Å². The van der Waals surface area contributed by atoms with Gasteiger partial charge >= 0.3 is 18.0 Å². The third-order valence-electron chi connectivity index (χ3n) is 15.6. The van der Waals surface area contributed by atoms with Crippen molar-refractivity contribution < 1.29 is 72.2 Å². The van der Waals surface area contributed by atoms with Crippen molar-refractivity contribution >= 4 is 70.0 Å². The topological polar surface area (TPSA) is 282 Å². The molecule has 0 aliphatic carbocycles. The maximum absolute atomic E-state index is 14.3. The predicted octanol–water partition coefficient (Wildman–Crippen LogP) is 4.92. The second-order valence-electron chi connectivity index (χ2n) is 21.6. The summed E-state index contributed by atoms with van der Waals surface area (Å²) in [6.07, 6.45) is 3.21. The number of fused-ring (bicyclic) bond motifs is 6. The maximum atomic E-state index is 14.3. The molecule has 24 heteroatoms. The van der Waals surface area contributed by atoms with E-state index in [9.17, 15) is 43.8 Å². The molecule has 0 spiro atoms. The average Bonchev–Trinajstić information content (AvgIpc) is 2.97. The normalized spacial score (nSPS) is 24.7. The number of rotatable bonds is 24. The zero-order chi connectivity index (χ0) is 60.1. The molecule has 2 fully saturated rings. The lowest BCUT2D eigenvalue weighted by Gasteiger charge is -2.41. The highest BCUT2D eigenvalue weighted by atomic mass is 35.5. The number of epoxide rings is 1. The van der Waals surface area contributed by atoms with Crippen LogP contribution >= 0.6 is 11.6 Å². The molecule has 1 aromatic carbocycles. The Labute approximate surface area is 483 Å². The van der Waals surface area contributed by atoms with Crippen LogP contribution in [-0.2, 0) is 72.0 Å². The van der Waals surface area contributed by atoms with Gasteiger partial charge in [-0.05, 0) is 83.1 Å². The Morgan fingerprint density at radius 2 is 1.78 bits per heavy atom. The number of amides is 5. The molecule has 23 nitrogen and oxygen atoms in total. The second kappa shape index (κ2) is 29.1. The van der Waals surface area contributed by atoms with Crippen molar-refractivity contribution in [2.45, 2.75) is 141 Å². The van der Waals surface area contributed by atoms with Gasteiger partial charge in [0.2, 0.25) is 23.6 Å². The Hall–Kier alpha value is -6.63. The fourth-order valence-electron chi connectivity index (χ4n) is 10.1. The number of methoxy groups -OCH3 is 1. The first-order valence-corrected chi connectivity index (χ1v) is 28.1. The molecular weight excluding hydrogens is 1080 g/mol. The molecule has 0 unspecified atom stereocenters. The van der Waals surface area contributed by atoms with Gasteiger partial charge in [-0.3, -0.25) is 29.3 Å². The molecule has 3 aromatic rings. The monoisotopic (exact) mass is 1160 g/mol. The van der Waals surface area contributed by atoms with E-state index in [4.69, 9.17) is 40.0 Å². The van der Waals surface area contributed by atoms with E-state index in [1.807, 2.05) is 48.9 Å². The summed E-state index contributed by atoms with van der Waals surface area (Å²) in [5.74, 6) is -4.56. The number of halogens is 1. The standard InChI is InChI=1S/C58H81ClN8O15/c1-11-64(7)34-41-31-40-16-13-21-60-53(40)67(41)23-19-47(68)62-42(17-18-50(71)72)54(73)61-22-25-79-27-26-78-24-20-48(69)65(8)38(5)55(74)81-46-32-49(70)66(9)43-29-39(30-44(77-10)51(43)59)28-35(2)14-12-15-36(3)58(76)33-45(80-56(75)63-58)37(4)52-57(46,6)82-52/h12-16,21,29-31,36-38,42,45-46,52,76H,11,17-20,22-28,32-34H2,1-10H3,(H,61,73)(H,62,68)(H,63,75)(H,71,72)/b15-12+,35-14+/t36-,37-,38+,42+,45+,46+,52+,57-,58+/m1/s1. The van der Waals surface area contributed by atoms with E-state index in [0.29, 0.717) is 30.9 Å². The number of nitrogens with zero attached hydrogens (tertiary/aromatic N) is 5. The van der Waals surface area contributed by atoms with Crippen LogP contribution in [0, 0.1) is 11.8 Å². The second-order valence-corrected chi connectivity index (χ2v) is 22.0. The summed E-state index contributed by atoms with van der Waals surface area (Å²) in [5, 5.41) is 30.3.